The minimum absolute atomic E-state index is 0.260. The lowest BCUT2D eigenvalue weighted by atomic mass is 9.92. The summed E-state index contributed by atoms with van der Waals surface area (Å²) in [7, 11) is 0. The summed E-state index contributed by atoms with van der Waals surface area (Å²) in [6.45, 7) is 13.6. The van der Waals surface area contributed by atoms with Crippen LogP contribution in [0, 0.1) is 5.92 Å². The van der Waals surface area contributed by atoms with Gasteiger partial charge < -0.3 is 20.1 Å². The van der Waals surface area contributed by atoms with Crippen LogP contribution in [0.25, 0.3) is 20.2 Å². The lowest BCUT2D eigenvalue weighted by Crippen LogP contribution is -2.24. The Bertz CT molecular complexity index is 1410. The first-order valence-electron chi connectivity index (χ1n) is 14.8. The predicted octanol–water partition coefficient (Wildman–Crippen LogP) is 9.97. The largest absolute Gasteiger partial charge is 0.485 e. The lowest BCUT2D eigenvalue weighted by Gasteiger charge is -2.23. The Hall–Kier alpha value is -3.13. The fourth-order valence-electron chi connectivity index (χ4n) is 5.35. The van der Waals surface area contributed by atoms with Crippen molar-refractivity contribution in [3.8, 4) is 31.7 Å². The Morgan fingerprint density at radius 1 is 0.927 bits per heavy atom. The summed E-state index contributed by atoms with van der Waals surface area (Å²) < 4.78 is 12.3. The highest BCUT2D eigenvalue weighted by Crippen LogP contribution is 2.55. The minimum Gasteiger partial charge on any atom is -0.485 e. The molecule has 0 bridgehead atoms. The van der Waals surface area contributed by atoms with Crippen LogP contribution >= 0.6 is 22.7 Å². The summed E-state index contributed by atoms with van der Waals surface area (Å²) in [5.74, 6) is 2.12. The van der Waals surface area contributed by atoms with Gasteiger partial charge in [0.2, 0.25) is 0 Å². The number of nitrogens with one attached hydrogen (secondary N) is 2. The van der Waals surface area contributed by atoms with Crippen molar-refractivity contribution >= 4 is 40.3 Å². The van der Waals surface area contributed by atoms with E-state index in [4.69, 9.17) is 9.47 Å². The third-order valence-corrected chi connectivity index (χ3v) is 9.59. The van der Waals surface area contributed by atoms with Crippen LogP contribution in [-0.2, 0) is 0 Å². The number of rotatable bonds is 7. The first kappa shape index (κ1) is 30.8. The molecule has 5 nitrogen and oxygen atoms in total. The molecule has 1 fully saturated rings. The van der Waals surface area contributed by atoms with E-state index in [-0.39, 0.29) is 6.04 Å². The van der Waals surface area contributed by atoms with Gasteiger partial charge in [-0.3, -0.25) is 4.79 Å². The molecule has 7 heteroatoms. The number of carbonyl (C=O) groups is 1. The van der Waals surface area contributed by atoms with Crippen molar-refractivity contribution in [3.63, 3.8) is 0 Å². The second-order valence-electron chi connectivity index (χ2n) is 9.69. The zero-order valence-electron chi connectivity index (χ0n) is 25.0. The van der Waals surface area contributed by atoms with E-state index in [9.17, 15) is 4.79 Å². The van der Waals surface area contributed by atoms with E-state index in [0.717, 1.165) is 55.8 Å². The molecule has 3 unspecified atom stereocenters. The van der Waals surface area contributed by atoms with E-state index in [1.165, 1.54) is 23.3 Å². The number of aldehydes is 1. The number of ether oxygens (including phenoxy) is 2. The van der Waals surface area contributed by atoms with Crippen molar-refractivity contribution in [2.75, 3.05) is 18.5 Å². The van der Waals surface area contributed by atoms with Crippen LogP contribution in [0.4, 0.5) is 11.4 Å². The Balaban J connectivity index is 0.000000929. The molecule has 41 heavy (non-hydrogen) atoms. The van der Waals surface area contributed by atoms with Gasteiger partial charge in [-0.1, -0.05) is 65.8 Å². The molecule has 218 valence electrons. The third-order valence-electron chi connectivity index (χ3n) is 7.20. The average molecular weight is 591 g/mol. The SMILES string of the molecule is CC.CC.CCC1CC(C)C(c2cc(-c3sc(-c4ccc(C=O)s4)c4c3OCCO4)ccc2Nc2ccccc2)N1. The standard InChI is InChI=1S/C30H30N2O3S2.2C2H6/c1-3-20-15-18(2)26(32-20)23-16-19(9-11-24(23)31-21-7-5-4-6-8-21)29-27-28(35-14-13-34-27)30(37-29)25-12-10-22(17-33)36-25;2*1-2/h4-12,16-18,20,26,31-32H,3,13-15H2,1-2H3;2*1-2H3. The minimum atomic E-state index is 0.260. The molecule has 2 aromatic carbocycles. The van der Waals surface area contributed by atoms with E-state index in [1.807, 2.05) is 45.9 Å². The van der Waals surface area contributed by atoms with Crippen LogP contribution in [-0.4, -0.2) is 25.5 Å². The molecule has 2 aliphatic rings. The molecule has 0 spiro atoms. The fourth-order valence-corrected chi connectivity index (χ4v) is 7.46. The molecule has 0 amide bonds. The van der Waals surface area contributed by atoms with Crippen LogP contribution < -0.4 is 20.1 Å². The van der Waals surface area contributed by atoms with Crippen LogP contribution in [0.2, 0.25) is 0 Å². The monoisotopic (exact) mass is 590 g/mol. The summed E-state index contributed by atoms with van der Waals surface area (Å²) in [5, 5.41) is 7.55. The normalized spacial score (nSPS) is 18.9. The Kier molecular flexibility index (Phi) is 11.0. The van der Waals surface area contributed by atoms with Crippen molar-refractivity contribution in [2.24, 2.45) is 5.92 Å². The number of fused-ring (bicyclic) bond motifs is 1. The van der Waals surface area contributed by atoms with Crippen molar-refractivity contribution in [1.82, 2.24) is 5.32 Å². The highest BCUT2D eigenvalue weighted by atomic mass is 32.1. The molecule has 3 atom stereocenters. The van der Waals surface area contributed by atoms with Gasteiger partial charge in [-0.2, -0.15) is 0 Å². The van der Waals surface area contributed by atoms with Gasteiger partial charge >= 0.3 is 0 Å². The molecular formula is C34H42N2O3S2. The lowest BCUT2D eigenvalue weighted by molar-refractivity contribution is 0.112. The molecule has 2 N–H and O–H groups in total. The van der Waals surface area contributed by atoms with Crippen molar-refractivity contribution in [3.05, 3.63) is 71.1 Å². The van der Waals surface area contributed by atoms with Gasteiger partial charge in [0.1, 0.15) is 13.2 Å². The van der Waals surface area contributed by atoms with E-state index >= 15 is 0 Å². The average Bonchev–Trinajstić information content (AvgIpc) is 3.77. The van der Waals surface area contributed by atoms with Gasteiger partial charge in [-0.15, -0.1) is 22.7 Å². The fraction of sp³-hybridized carbons (Fsp3) is 0.382. The maximum absolute atomic E-state index is 11.3. The summed E-state index contributed by atoms with van der Waals surface area (Å²) in [4.78, 5) is 15.1. The maximum atomic E-state index is 11.3. The first-order valence-corrected chi connectivity index (χ1v) is 16.5. The third kappa shape index (κ3) is 6.69. The van der Waals surface area contributed by atoms with Crippen molar-refractivity contribution in [2.45, 2.75) is 66.5 Å². The van der Waals surface area contributed by atoms with Crippen molar-refractivity contribution in [1.29, 1.82) is 0 Å². The second-order valence-corrected chi connectivity index (χ2v) is 11.8. The Morgan fingerprint density at radius 3 is 2.27 bits per heavy atom. The van der Waals surface area contributed by atoms with Crippen LogP contribution in [0.1, 0.15) is 75.7 Å². The molecule has 2 aromatic heterocycles. The number of thiophene rings is 2. The number of hydrogen-bond donors (Lipinski definition) is 2. The van der Waals surface area contributed by atoms with Crippen molar-refractivity contribution < 1.29 is 14.3 Å². The predicted molar refractivity (Wildman–Crippen MR) is 176 cm³/mol. The first-order chi connectivity index (χ1) is 20.1. The number of carbonyl (C=O) groups excluding carboxylic acids is 1. The number of para-hydroxylation sites is 1. The molecule has 1 saturated heterocycles. The topological polar surface area (TPSA) is 59.6 Å². The number of anilines is 2. The van der Waals surface area contributed by atoms with Crippen LogP contribution in [0.15, 0.2) is 60.7 Å². The zero-order valence-corrected chi connectivity index (χ0v) is 26.6. The Morgan fingerprint density at radius 2 is 1.63 bits per heavy atom. The van der Waals surface area contributed by atoms with Gasteiger partial charge in [0.25, 0.3) is 0 Å². The van der Waals surface area contributed by atoms with E-state index in [2.05, 4.69) is 66.9 Å². The highest BCUT2D eigenvalue weighted by molar-refractivity contribution is 7.25. The maximum Gasteiger partial charge on any atom is 0.181 e. The molecular weight excluding hydrogens is 549 g/mol. The van der Waals surface area contributed by atoms with Crippen LogP contribution in [0.5, 0.6) is 11.5 Å². The highest BCUT2D eigenvalue weighted by Gasteiger charge is 2.33. The summed E-state index contributed by atoms with van der Waals surface area (Å²) in [5.41, 5.74) is 4.58. The molecule has 4 aromatic rings. The van der Waals surface area contributed by atoms with Crippen LogP contribution in [0.3, 0.4) is 0 Å². The van der Waals surface area contributed by atoms with Gasteiger partial charge in [0, 0.05) is 28.3 Å². The molecule has 0 radical (unpaired) electrons. The van der Waals surface area contributed by atoms with E-state index in [0.29, 0.717) is 30.1 Å². The van der Waals surface area contributed by atoms with Gasteiger partial charge in [-0.05, 0) is 66.3 Å². The number of benzene rings is 2. The molecule has 4 heterocycles. The summed E-state index contributed by atoms with van der Waals surface area (Å²) in [6, 6.07) is 21.7. The van der Waals surface area contributed by atoms with E-state index < -0.39 is 0 Å². The zero-order chi connectivity index (χ0) is 29.4. The second kappa shape index (κ2) is 14.7. The molecule has 0 aliphatic carbocycles. The van der Waals surface area contributed by atoms with Gasteiger partial charge in [0.15, 0.2) is 17.8 Å². The molecule has 6 rings (SSSR count). The van der Waals surface area contributed by atoms with E-state index in [1.54, 1.807) is 11.3 Å². The smallest absolute Gasteiger partial charge is 0.181 e. The molecule has 0 saturated carbocycles. The summed E-state index contributed by atoms with van der Waals surface area (Å²) >= 11 is 3.16. The van der Waals surface area contributed by atoms with Gasteiger partial charge in [0.05, 0.1) is 14.6 Å². The van der Waals surface area contributed by atoms with Gasteiger partial charge in [-0.25, -0.2) is 0 Å². The molecule has 2 aliphatic heterocycles. The quantitative estimate of drug-likeness (QED) is 0.210. The Labute approximate surface area is 252 Å². The number of hydrogen-bond acceptors (Lipinski definition) is 7. The summed E-state index contributed by atoms with van der Waals surface area (Å²) in [6.07, 6.45) is 3.19.